The number of hydrogen-bond donors (Lipinski definition) is 0. The van der Waals surface area contributed by atoms with Gasteiger partial charge in [-0.15, -0.1) is 0 Å². The molecule has 0 unspecified atom stereocenters. The van der Waals surface area contributed by atoms with Crippen molar-refractivity contribution in [3.63, 3.8) is 0 Å². The Labute approximate surface area is 101 Å². The molecule has 2 rings (SSSR count). The van der Waals surface area contributed by atoms with Gasteiger partial charge in [0.05, 0.1) is 0 Å². The van der Waals surface area contributed by atoms with E-state index in [0.717, 1.165) is 0 Å². The molecule has 2 heteroatoms. The van der Waals surface area contributed by atoms with Crippen LogP contribution in [0.5, 0.6) is 0 Å². The highest BCUT2D eigenvalue weighted by atomic mass is 32.2. The van der Waals surface area contributed by atoms with E-state index in [9.17, 15) is 0 Å². The normalized spacial score (nSPS) is 9.12. The predicted octanol–water partition coefficient (Wildman–Crippen LogP) is 4.10. The molecule has 0 atom stereocenters. The van der Waals surface area contributed by atoms with Crippen molar-refractivity contribution in [1.82, 2.24) is 0 Å². The van der Waals surface area contributed by atoms with Gasteiger partial charge in [0, 0.05) is 24.0 Å². The highest BCUT2D eigenvalue weighted by Crippen LogP contribution is 2.26. The highest BCUT2D eigenvalue weighted by molar-refractivity contribution is 7.99. The van der Waals surface area contributed by atoms with Gasteiger partial charge in [-0.05, 0) is 24.3 Å². The van der Waals surface area contributed by atoms with Gasteiger partial charge in [0.2, 0.25) is 0 Å². The lowest BCUT2D eigenvalue weighted by Crippen LogP contribution is -1.70. The lowest BCUT2D eigenvalue weighted by atomic mass is 10.4. The maximum atomic E-state index is 4.25. The van der Waals surface area contributed by atoms with Crippen LogP contribution in [0, 0.1) is 0 Å². The maximum Gasteiger partial charge on any atom is 0.0351 e. The largest absolute Gasteiger partial charge is 0.388 e. The average Bonchev–Trinajstić information content (AvgIpc) is 2.33. The fourth-order valence-corrected chi connectivity index (χ4v) is 1.97. The van der Waals surface area contributed by atoms with Gasteiger partial charge in [-0.3, -0.25) is 0 Å². The number of benzene rings is 2. The van der Waals surface area contributed by atoms with Crippen molar-refractivity contribution in [2.24, 2.45) is 0 Å². The molecule has 0 aliphatic heterocycles. The van der Waals surface area contributed by atoms with Crippen LogP contribution in [0.15, 0.2) is 70.5 Å². The van der Waals surface area contributed by atoms with Crippen molar-refractivity contribution in [1.29, 1.82) is 0 Å². The van der Waals surface area contributed by atoms with E-state index in [-0.39, 0.29) is 0 Å². The Morgan fingerprint density at radius 1 is 0.688 bits per heavy atom. The van der Waals surface area contributed by atoms with Crippen LogP contribution in [0.4, 0.5) is 0 Å². The Morgan fingerprint density at radius 2 is 1.00 bits per heavy atom. The summed E-state index contributed by atoms with van der Waals surface area (Å²) in [6, 6.07) is 20.8. The number of methoxy groups -OCH3 is 1. The minimum atomic E-state index is 1.29. The zero-order chi connectivity index (χ0) is 11.6. The monoisotopic (exact) mass is 232 g/mol. The molecule has 0 aromatic heterocycles. The molecule has 0 radical (unpaired) electrons. The van der Waals surface area contributed by atoms with E-state index in [0.29, 0.717) is 0 Å². The van der Waals surface area contributed by atoms with E-state index in [1.165, 1.54) is 9.79 Å². The molecule has 0 N–H and O–H groups in total. The summed E-state index contributed by atoms with van der Waals surface area (Å²) in [6.07, 6.45) is 0. The molecule has 0 saturated heterocycles. The second-order valence-electron chi connectivity index (χ2n) is 3.14. The summed E-state index contributed by atoms with van der Waals surface area (Å²) in [7, 11) is 3.25. The molecule has 0 aliphatic rings. The summed E-state index contributed by atoms with van der Waals surface area (Å²) in [4.78, 5) is 2.57. The van der Waals surface area contributed by atoms with E-state index in [1.807, 2.05) is 12.1 Å². The Hall–Kier alpha value is -1.25. The minimum Gasteiger partial charge on any atom is -0.388 e. The fourth-order valence-electron chi connectivity index (χ4n) is 1.11. The van der Waals surface area contributed by atoms with E-state index < -0.39 is 0 Å². The third kappa shape index (κ3) is 5.01. The lowest BCUT2D eigenvalue weighted by Gasteiger charge is -1.99. The van der Waals surface area contributed by atoms with Crippen molar-refractivity contribution in [2.45, 2.75) is 9.79 Å². The molecule has 0 saturated carbocycles. The molecule has 0 fully saturated rings. The zero-order valence-electron chi connectivity index (χ0n) is 9.59. The van der Waals surface area contributed by atoms with Gasteiger partial charge in [0.1, 0.15) is 0 Å². The molecular weight excluding hydrogens is 216 g/mol. The van der Waals surface area contributed by atoms with Gasteiger partial charge in [0.15, 0.2) is 0 Å². The summed E-state index contributed by atoms with van der Waals surface area (Å²) in [5.74, 6) is 0. The SMILES string of the molecule is COC.c1ccc(Sc2ccccc2)cc1. The average molecular weight is 232 g/mol. The van der Waals surface area contributed by atoms with Crippen molar-refractivity contribution < 1.29 is 4.74 Å². The molecule has 0 spiro atoms. The summed E-state index contributed by atoms with van der Waals surface area (Å²) in [5, 5.41) is 0. The van der Waals surface area contributed by atoms with Gasteiger partial charge >= 0.3 is 0 Å². The van der Waals surface area contributed by atoms with Crippen LogP contribution >= 0.6 is 11.8 Å². The maximum absolute atomic E-state index is 4.25. The van der Waals surface area contributed by atoms with E-state index >= 15 is 0 Å². The number of ether oxygens (including phenoxy) is 1. The van der Waals surface area contributed by atoms with Gasteiger partial charge < -0.3 is 4.74 Å². The van der Waals surface area contributed by atoms with Crippen LogP contribution < -0.4 is 0 Å². The molecule has 2 aromatic rings. The van der Waals surface area contributed by atoms with Gasteiger partial charge in [-0.2, -0.15) is 0 Å². The summed E-state index contributed by atoms with van der Waals surface area (Å²) in [6.45, 7) is 0. The number of rotatable bonds is 2. The topological polar surface area (TPSA) is 9.23 Å². The fraction of sp³-hybridized carbons (Fsp3) is 0.143. The number of hydrogen-bond acceptors (Lipinski definition) is 2. The first-order valence-electron chi connectivity index (χ1n) is 5.05. The van der Waals surface area contributed by atoms with E-state index in [2.05, 4.69) is 53.3 Å². The van der Waals surface area contributed by atoms with Crippen molar-refractivity contribution in [3.8, 4) is 0 Å². The Kier molecular flexibility index (Phi) is 6.38. The zero-order valence-corrected chi connectivity index (χ0v) is 10.4. The molecule has 1 nitrogen and oxygen atoms in total. The summed E-state index contributed by atoms with van der Waals surface area (Å²) in [5.41, 5.74) is 0. The molecule has 0 amide bonds. The molecule has 16 heavy (non-hydrogen) atoms. The van der Waals surface area contributed by atoms with Crippen molar-refractivity contribution >= 4 is 11.8 Å². The Bertz CT molecular complexity index is 335. The van der Waals surface area contributed by atoms with Crippen LogP contribution in [0.1, 0.15) is 0 Å². The van der Waals surface area contributed by atoms with Gasteiger partial charge in [0.25, 0.3) is 0 Å². The molecule has 84 valence electrons. The highest BCUT2D eigenvalue weighted by Gasteiger charge is 1.93. The predicted molar refractivity (Wildman–Crippen MR) is 69.9 cm³/mol. The second-order valence-corrected chi connectivity index (χ2v) is 4.28. The quantitative estimate of drug-likeness (QED) is 0.771. The first-order chi connectivity index (χ1) is 7.86. The molecular formula is C14H16OS. The third-order valence-electron chi connectivity index (χ3n) is 1.72. The standard InChI is InChI=1S/C12H10S.C2H6O/c1-3-7-11(8-4-1)13-12-9-5-2-6-10-12;1-3-2/h1-10H;1-2H3. The molecule has 2 aromatic carbocycles. The van der Waals surface area contributed by atoms with E-state index in [4.69, 9.17) is 0 Å². The van der Waals surface area contributed by atoms with Crippen LogP contribution in [0.2, 0.25) is 0 Å². The molecule has 0 bridgehead atoms. The van der Waals surface area contributed by atoms with Crippen molar-refractivity contribution in [3.05, 3.63) is 60.7 Å². The van der Waals surface area contributed by atoms with Crippen LogP contribution in [0.3, 0.4) is 0 Å². The van der Waals surface area contributed by atoms with E-state index in [1.54, 1.807) is 26.0 Å². The molecule has 0 heterocycles. The second kappa shape index (κ2) is 7.97. The molecule has 0 aliphatic carbocycles. The smallest absolute Gasteiger partial charge is 0.0351 e. The first-order valence-corrected chi connectivity index (χ1v) is 5.86. The van der Waals surface area contributed by atoms with Gasteiger partial charge in [-0.25, -0.2) is 0 Å². The Balaban J connectivity index is 0.000000386. The third-order valence-corrected chi connectivity index (χ3v) is 2.74. The first kappa shape index (κ1) is 12.8. The van der Waals surface area contributed by atoms with Crippen LogP contribution in [0.25, 0.3) is 0 Å². The van der Waals surface area contributed by atoms with Crippen LogP contribution in [-0.2, 0) is 4.74 Å². The minimum absolute atomic E-state index is 1.29. The summed E-state index contributed by atoms with van der Waals surface area (Å²) >= 11 is 1.79. The Morgan fingerprint density at radius 3 is 1.31 bits per heavy atom. The van der Waals surface area contributed by atoms with Crippen molar-refractivity contribution in [2.75, 3.05) is 14.2 Å². The van der Waals surface area contributed by atoms with Crippen LogP contribution in [-0.4, -0.2) is 14.2 Å². The lowest BCUT2D eigenvalue weighted by molar-refractivity contribution is 0.277. The summed E-state index contributed by atoms with van der Waals surface area (Å²) < 4.78 is 4.25. The van der Waals surface area contributed by atoms with Gasteiger partial charge in [-0.1, -0.05) is 48.2 Å².